The van der Waals surface area contributed by atoms with Gasteiger partial charge in [-0.25, -0.2) is 9.97 Å². The van der Waals surface area contributed by atoms with Gasteiger partial charge in [0.25, 0.3) is 0 Å². The first-order valence-corrected chi connectivity index (χ1v) is 12.5. The van der Waals surface area contributed by atoms with Crippen molar-refractivity contribution in [3.05, 3.63) is 41.7 Å². The van der Waals surface area contributed by atoms with Crippen molar-refractivity contribution < 1.29 is 0 Å². The molecular formula is C26H37N7. The van der Waals surface area contributed by atoms with Crippen molar-refractivity contribution in [1.82, 2.24) is 14.9 Å². The minimum absolute atomic E-state index is 0.201. The van der Waals surface area contributed by atoms with Crippen molar-refractivity contribution in [2.75, 3.05) is 36.4 Å². The van der Waals surface area contributed by atoms with Gasteiger partial charge in [0.15, 0.2) is 0 Å². The third-order valence-corrected chi connectivity index (χ3v) is 8.07. The summed E-state index contributed by atoms with van der Waals surface area (Å²) in [6, 6.07) is 8.74. The Morgan fingerprint density at radius 2 is 2.06 bits per heavy atom. The molecule has 1 unspecified atom stereocenters. The molecule has 0 radical (unpaired) electrons. The molecule has 2 atom stereocenters. The lowest BCUT2D eigenvalue weighted by molar-refractivity contribution is 0.185. The molecule has 1 aliphatic heterocycles. The predicted octanol–water partition coefficient (Wildman–Crippen LogP) is 4.26. The van der Waals surface area contributed by atoms with E-state index in [-0.39, 0.29) is 5.54 Å². The lowest BCUT2D eigenvalue weighted by atomic mass is 9.99. The van der Waals surface area contributed by atoms with E-state index in [9.17, 15) is 0 Å². The Morgan fingerprint density at radius 3 is 2.76 bits per heavy atom. The summed E-state index contributed by atoms with van der Waals surface area (Å²) in [6.07, 6.45) is 10.4. The molecule has 2 saturated carbocycles. The maximum Gasteiger partial charge on any atom is 0.135 e. The molecule has 3 fully saturated rings. The van der Waals surface area contributed by atoms with Crippen LogP contribution in [0.2, 0.25) is 0 Å². The summed E-state index contributed by atoms with van der Waals surface area (Å²) in [6.45, 7) is 8.78. The molecule has 1 aromatic heterocycles. The van der Waals surface area contributed by atoms with Crippen molar-refractivity contribution in [1.29, 1.82) is 5.41 Å². The van der Waals surface area contributed by atoms with Crippen LogP contribution in [0.15, 0.2) is 30.6 Å². The summed E-state index contributed by atoms with van der Waals surface area (Å²) in [5.74, 6) is 1.70. The van der Waals surface area contributed by atoms with E-state index in [1.54, 1.807) is 6.33 Å². The first-order valence-electron chi connectivity index (χ1n) is 12.5. The van der Waals surface area contributed by atoms with Gasteiger partial charge >= 0.3 is 0 Å². The van der Waals surface area contributed by atoms with Crippen molar-refractivity contribution >= 4 is 23.5 Å². The van der Waals surface area contributed by atoms with Gasteiger partial charge in [-0.2, -0.15) is 0 Å². The number of benzene rings is 1. The molecule has 0 bridgehead atoms. The minimum Gasteiger partial charge on any atom is -0.354 e. The third kappa shape index (κ3) is 4.24. The summed E-state index contributed by atoms with van der Waals surface area (Å²) in [5.41, 5.74) is 9.75. The Hall–Kier alpha value is -2.51. The van der Waals surface area contributed by atoms with Gasteiger partial charge in [-0.1, -0.05) is 31.9 Å². The number of nitrogens with zero attached hydrogens (tertiary/aromatic N) is 4. The Kier molecular flexibility index (Phi) is 5.87. The summed E-state index contributed by atoms with van der Waals surface area (Å²) in [7, 11) is 0. The lowest BCUT2D eigenvalue weighted by Crippen LogP contribution is -2.52. The SMILES string of the molecule is CCCCCN1CCN(c2cc(Nc3cc([C@]4(N)CC45CC5)ccc3C=N)ncn2)CC1C. The summed E-state index contributed by atoms with van der Waals surface area (Å²) >= 11 is 0. The molecule has 1 spiro atoms. The van der Waals surface area contributed by atoms with Gasteiger partial charge in [0, 0.05) is 54.7 Å². The first-order chi connectivity index (χ1) is 16.0. The zero-order chi connectivity index (χ0) is 23.1. The standard InChI is InChI=1S/C26H37N7/c1-3-4-5-10-32-11-12-33(16-19(32)2)24-14-23(29-18-30-24)31-22-13-21(7-6-20(22)15-27)26(28)17-25(26)8-9-25/h6-7,13-15,18-19,27H,3-5,8-12,16-17,28H2,1-2H3,(H,29,30,31)/t19?,26-/m1/s1. The number of unbranched alkanes of at least 4 members (excludes halogenated alkanes) is 2. The number of piperazine rings is 1. The molecule has 33 heavy (non-hydrogen) atoms. The van der Waals surface area contributed by atoms with Crippen LogP contribution >= 0.6 is 0 Å². The zero-order valence-electron chi connectivity index (χ0n) is 20.0. The number of hydrogen-bond acceptors (Lipinski definition) is 7. The average Bonchev–Trinajstić information content (AvgIpc) is 3.72. The number of rotatable bonds is 9. The van der Waals surface area contributed by atoms with Gasteiger partial charge in [0.05, 0.1) is 0 Å². The van der Waals surface area contributed by atoms with Crippen LogP contribution in [0.4, 0.5) is 17.3 Å². The van der Waals surface area contributed by atoms with E-state index < -0.39 is 0 Å². The highest BCUT2D eigenvalue weighted by molar-refractivity contribution is 5.87. The van der Waals surface area contributed by atoms with Crippen LogP contribution in [0.1, 0.15) is 63.5 Å². The van der Waals surface area contributed by atoms with Crippen LogP contribution < -0.4 is 16.0 Å². The minimum atomic E-state index is -0.201. The fourth-order valence-corrected chi connectivity index (χ4v) is 5.57. The van der Waals surface area contributed by atoms with E-state index in [0.717, 1.165) is 54.5 Å². The van der Waals surface area contributed by atoms with Crippen LogP contribution in [-0.4, -0.2) is 53.3 Å². The van der Waals surface area contributed by atoms with Gasteiger partial charge < -0.3 is 21.4 Å². The van der Waals surface area contributed by atoms with Crippen molar-refractivity contribution in [3.63, 3.8) is 0 Å². The van der Waals surface area contributed by atoms with Crippen LogP contribution in [0.3, 0.4) is 0 Å². The molecule has 0 amide bonds. The molecule has 2 heterocycles. The van der Waals surface area contributed by atoms with Crippen LogP contribution in [-0.2, 0) is 5.54 Å². The molecule has 1 aromatic carbocycles. The Morgan fingerprint density at radius 1 is 1.21 bits per heavy atom. The van der Waals surface area contributed by atoms with Gasteiger partial charge in [-0.3, -0.25) is 4.90 Å². The predicted molar refractivity (Wildman–Crippen MR) is 135 cm³/mol. The van der Waals surface area contributed by atoms with E-state index in [1.807, 2.05) is 12.1 Å². The van der Waals surface area contributed by atoms with Gasteiger partial charge in [-0.05, 0) is 56.2 Å². The molecule has 3 aliphatic rings. The van der Waals surface area contributed by atoms with Gasteiger partial charge in [-0.15, -0.1) is 0 Å². The fourth-order valence-electron chi connectivity index (χ4n) is 5.57. The Balaban J connectivity index is 1.29. The molecule has 1 saturated heterocycles. The number of aromatic nitrogens is 2. The normalized spacial score (nSPS) is 25.8. The smallest absolute Gasteiger partial charge is 0.135 e. The highest BCUT2D eigenvalue weighted by atomic mass is 15.3. The fraction of sp³-hybridized carbons (Fsp3) is 0.577. The second kappa shape index (κ2) is 8.69. The molecule has 7 nitrogen and oxygen atoms in total. The summed E-state index contributed by atoms with van der Waals surface area (Å²) < 4.78 is 0. The number of nitrogens with one attached hydrogen (secondary N) is 2. The van der Waals surface area contributed by atoms with E-state index in [0.29, 0.717) is 11.5 Å². The van der Waals surface area contributed by atoms with Crippen molar-refractivity contribution in [3.8, 4) is 0 Å². The molecule has 2 aromatic rings. The molecule has 2 aliphatic carbocycles. The molecular weight excluding hydrogens is 410 g/mol. The third-order valence-electron chi connectivity index (χ3n) is 8.07. The largest absolute Gasteiger partial charge is 0.354 e. The average molecular weight is 448 g/mol. The first kappa shape index (κ1) is 22.3. The van der Waals surface area contributed by atoms with E-state index in [2.05, 4.69) is 51.1 Å². The molecule has 176 valence electrons. The maximum atomic E-state index is 7.85. The second-order valence-electron chi connectivity index (χ2n) is 10.3. The Bertz CT molecular complexity index is 1020. The van der Waals surface area contributed by atoms with Crippen LogP contribution in [0, 0.1) is 10.8 Å². The topological polar surface area (TPSA) is 94.2 Å². The van der Waals surface area contributed by atoms with Crippen LogP contribution in [0.5, 0.6) is 0 Å². The maximum absolute atomic E-state index is 7.85. The molecule has 7 heteroatoms. The van der Waals surface area contributed by atoms with E-state index in [1.165, 1.54) is 44.9 Å². The van der Waals surface area contributed by atoms with E-state index >= 15 is 0 Å². The monoisotopic (exact) mass is 447 g/mol. The quantitative estimate of drug-likeness (QED) is 0.393. The summed E-state index contributed by atoms with van der Waals surface area (Å²) in [4.78, 5) is 14.0. The summed E-state index contributed by atoms with van der Waals surface area (Å²) in [5, 5.41) is 11.3. The number of nitrogens with two attached hydrogens (primary N) is 1. The highest BCUT2D eigenvalue weighted by Gasteiger charge is 2.72. The van der Waals surface area contributed by atoms with Crippen LogP contribution in [0.25, 0.3) is 0 Å². The van der Waals surface area contributed by atoms with Crippen molar-refractivity contribution in [2.45, 2.75) is 64.0 Å². The zero-order valence-corrected chi connectivity index (χ0v) is 20.0. The number of anilines is 3. The van der Waals surface area contributed by atoms with Gasteiger partial charge in [0.1, 0.15) is 18.0 Å². The van der Waals surface area contributed by atoms with Gasteiger partial charge in [0.2, 0.25) is 0 Å². The van der Waals surface area contributed by atoms with E-state index in [4.69, 9.17) is 11.1 Å². The molecule has 5 rings (SSSR count). The molecule has 4 N–H and O–H groups in total. The van der Waals surface area contributed by atoms with Crippen molar-refractivity contribution in [2.24, 2.45) is 11.1 Å². The Labute approximate surface area is 197 Å². The highest BCUT2D eigenvalue weighted by Crippen LogP contribution is 2.76. The second-order valence-corrected chi connectivity index (χ2v) is 10.3. The number of hydrogen-bond donors (Lipinski definition) is 3. The lowest BCUT2D eigenvalue weighted by Gasteiger charge is -2.40.